The van der Waals surface area contributed by atoms with E-state index in [1.807, 2.05) is 79.4 Å². The number of fused-ring (bicyclic) bond motifs is 1. The second kappa shape index (κ2) is 7.92. The van der Waals surface area contributed by atoms with Crippen LogP contribution in [-0.2, 0) is 13.0 Å². The van der Waals surface area contributed by atoms with Crippen LogP contribution < -0.4 is 10.2 Å². The molecule has 0 atom stereocenters. The smallest absolute Gasteiger partial charge is 0.258 e. The van der Waals surface area contributed by atoms with E-state index in [-0.39, 0.29) is 11.8 Å². The Morgan fingerprint density at radius 3 is 2.45 bits per heavy atom. The molecule has 0 aliphatic carbocycles. The van der Waals surface area contributed by atoms with Crippen LogP contribution in [0, 0.1) is 13.8 Å². The quantitative estimate of drug-likeness (QED) is 0.723. The lowest BCUT2D eigenvalue weighted by atomic mass is 10.1. The van der Waals surface area contributed by atoms with E-state index < -0.39 is 0 Å². The van der Waals surface area contributed by atoms with Gasteiger partial charge in [0, 0.05) is 29.9 Å². The number of rotatable bonds is 4. The van der Waals surface area contributed by atoms with Gasteiger partial charge in [0.25, 0.3) is 11.8 Å². The summed E-state index contributed by atoms with van der Waals surface area (Å²) in [5, 5.41) is 2.97. The normalized spacial score (nSPS) is 12.6. The van der Waals surface area contributed by atoms with Crippen LogP contribution in [0.3, 0.4) is 0 Å². The number of amides is 2. The lowest BCUT2D eigenvalue weighted by Crippen LogP contribution is -2.28. The summed E-state index contributed by atoms with van der Waals surface area (Å²) in [5.74, 6) is -0.0466. The molecule has 1 aliphatic rings. The zero-order valence-electron chi connectivity index (χ0n) is 16.7. The van der Waals surface area contributed by atoms with Crippen LogP contribution in [0.25, 0.3) is 0 Å². The van der Waals surface area contributed by atoms with Crippen molar-refractivity contribution < 1.29 is 9.59 Å². The maximum Gasteiger partial charge on any atom is 0.258 e. The Balaban J connectivity index is 1.45. The summed E-state index contributed by atoms with van der Waals surface area (Å²) in [7, 11) is 0. The van der Waals surface area contributed by atoms with Crippen molar-refractivity contribution in [2.24, 2.45) is 0 Å². The lowest BCUT2D eigenvalue weighted by Gasteiger charge is -2.18. The highest BCUT2D eigenvalue weighted by atomic mass is 16.2. The number of carbonyl (C=O) groups excluding carboxylic acids is 2. The van der Waals surface area contributed by atoms with E-state index in [2.05, 4.69) is 11.4 Å². The van der Waals surface area contributed by atoms with Crippen molar-refractivity contribution in [1.82, 2.24) is 5.32 Å². The van der Waals surface area contributed by atoms with Crippen molar-refractivity contribution in [3.05, 3.63) is 100 Å². The minimum absolute atomic E-state index is 0.0351. The van der Waals surface area contributed by atoms with Crippen molar-refractivity contribution in [2.45, 2.75) is 26.8 Å². The van der Waals surface area contributed by atoms with E-state index in [9.17, 15) is 9.59 Å². The zero-order chi connectivity index (χ0) is 20.4. The van der Waals surface area contributed by atoms with Crippen LogP contribution in [0.1, 0.15) is 43.0 Å². The number of anilines is 1. The monoisotopic (exact) mass is 384 g/mol. The maximum atomic E-state index is 12.9. The first-order valence-corrected chi connectivity index (χ1v) is 9.86. The Morgan fingerprint density at radius 1 is 0.897 bits per heavy atom. The van der Waals surface area contributed by atoms with E-state index in [1.54, 1.807) is 0 Å². The molecule has 4 nitrogen and oxygen atoms in total. The number of hydrogen-bond acceptors (Lipinski definition) is 2. The van der Waals surface area contributed by atoms with Gasteiger partial charge < -0.3 is 10.2 Å². The third-order valence-corrected chi connectivity index (χ3v) is 5.32. The van der Waals surface area contributed by atoms with E-state index in [4.69, 9.17) is 0 Å². The fourth-order valence-corrected chi connectivity index (χ4v) is 3.70. The van der Waals surface area contributed by atoms with Gasteiger partial charge in [-0.15, -0.1) is 0 Å². The molecular weight excluding hydrogens is 360 g/mol. The second-order valence-electron chi connectivity index (χ2n) is 7.59. The standard InChI is InChI=1S/C25H24N2O2/c1-17-6-9-20(10-7-17)24(28)26-16-19-8-11-23-21(15-19)12-13-27(23)25(29)22-5-3-4-18(2)14-22/h3-11,14-15H,12-13,16H2,1-2H3,(H,26,28). The molecule has 0 spiro atoms. The lowest BCUT2D eigenvalue weighted by molar-refractivity contribution is 0.0949. The average Bonchev–Trinajstić information content (AvgIpc) is 3.15. The minimum Gasteiger partial charge on any atom is -0.348 e. The van der Waals surface area contributed by atoms with Crippen LogP contribution >= 0.6 is 0 Å². The zero-order valence-corrected chi connectivity index (χ0v) is 16.7. The molecule has 0 aromatic heterocycles. The van der Waals surface area contributed by atoms with E-state index in [0.717, 1.165) is 34.4 Å². The molecule has 146 valence electrons. The van der Waals surface area contributed by atoms with Crippen molar-refractivity contribution >= 4 is 17.5 Å². The van der Waals surface area contributed by atoms with Crippen LogP contribution in [0.2, 0.25) is 0 Å². The molecule has 1 aliphatic heterocycles. The van der Waals surface area contributed by atoms with E-state index >= 15 is 0 Å². The third-order valence-electron chi connectivity index (χ3n) is 5.32. The molecule has 0 saturated heterocycles. The summed E-state index contributed by atoms with van der Waals surface area (Å²) >= 11 is 0. The fraction of sp³-hybridized carbons (Fsp3) is 0.200. The maximum absolute atomic E-state index is 12.9. The Bertz CT molecular complexity index is 1070. The molecule has 3 aromatic rings. The number of nitrogens with zero attached hydrogens (tertiary/aromatic N) is 1. The molecule has 0 radical (unpaired) electrons. The fourth-order valence-electron chi connectivity index (χ4n) is 3.70. The summed E-state index contributed by atoms with van der Waals surface area (Å²) in [4.78, 5) is 27.1. The minimum atomic E-state index is -0.0817. The van der Waals surface area contributed by atoms with Crippen LogP contribution in [0.4, 0.5) is 5.69 Å². The summed E-state index contributed by atoms with van der Waals surface area (Å²) in [6.07, 6.45) is 0.826. The molecule has 29 heavy (non-hydrogen) atoms. The number of hydrogen-bond donors (Lipinski definition) is 1. The van der Waals surface area contributed by atoms with Gasteiger partial charge in [0.15, 0.2) is 0 Å². The summed E-state index contributed by atoms with van der Waals surface area (Å²) in [5.41, 5.74) is 6.73. The highest BCUT2D eigenvalue weighted by Gasteiger charge is 2.25. The SMILES string of the molecule is Cc1ccc(C(=O)NCc2ccc3c(c2)CCN3C(=O)c2cccc(C)c2)cc1. The number of aryl methyl sites for hydroxylation is 2. The molecule has 0 fully saturated rings. The molecule has 1 heterocycles. The van der Waals surface area contributed by atoms with Gasteiger partial charge >= 0.3 is 0 Å². The van der Waals surface area contributed by atoms with Gasteiger partial charge in [-0.25, -0.2) is 0 Å². The van der Waals surface area contributed by atoms with Crippen molar-refractivity contribution in [3.8, 4) is 0 Å². The largest absolute Gasteiger partial charge is 0.348 e. The summed E-state index contributed by atoms with van der Waals surface area (Å²) in [6.45, 7) is 5.14. The predicted molar refractivity (Wildman–Crippen MR) is 115 cm³/mol. The third kappa shape index (κ3) is 4.06. The molecule has 4 heteroatoms. The first-order valence-electron chi connectivity index (χ1n) is 9.86. The molecule has 4 rings (SSSR count). The van der Waals surface area contributed by atoms with Gasteiger partial charge in [-0.2, -0.15) is 0 Å². The average molecular weight is 384 g/mol. The molecule has 0 unspecified atom stereocenters. The van der Waals surface area contributed by atoms with Crippen molar-refractivity contribution in [2.75, 3.05) is 11.4 Å². The van der Waals surface area contributed by atoms with Crippen LogP contribution in [-0.4, -0.2) is 18.4 Å². The van der Waals surface area contributed by atoms with Gasteiger partial charge in [-0.1, -0.05) is 47.5 Å². The van der Waals surface area contributed by atoms with Gasteiger partial charge in [-0.3, -0.25) is 9.59 Å². The topological polar surface area (TPSA) is 49.4 Å². The Morgan fingerprint density at radius 2 is 1.69 bits per heavy atom. The molecule has 3 aromatic carbocycles. The van der Waals surface area contributed by atoms with Gasteiger partial charge in [0.2, 0.25) is 0 Å². The van der Waals surface area contributed by atoms with Gasteiger partial charge in [0.05, 0.1) is 0 Å². The molecule has 1 N–H and O–H groups in total. The Hall–Kier alpha value is -3.40. The number of nitrogens with one attached hydrogen (secondary N) is 1. The van der Waals surface area contributed by atoms with Crippen molar-refractivity contribution in [3.63, 3.8) is 0 Å². The molecule has 0 saturated carbocycles. The number of carbonyl (C=O) groups is 2. The first kappa shape index (κ1) is 18.9. The second-order valence-corrected chi connectivity index (χ2v) is 7.59. The van der Waals surface area contributed by atoms with Crippen molar-refractivity contribution in [1.29, 1.82) is 0 Å². The highest BCUT2D eigenvalue weighted by molar-refractivity contribution is 6.07. The first-order chi connectivity index (χ1) is 14.0. The van der Waals surface area contributed by atoms with Gasteiger partial charge in [-0.05, 0) is 61.7 Å². The van der Waals surface area contributed by atoms with Gasteiger partial charge in [0.1, 0.15) is 0 Å². The van der Waals surface area contributed by atoms with Crippen LogP contribution in [0.15, 0.2) is 66.7 Å². The summed E-state index contributed by atoms with van der Waals surface area (Å²) in [6, 6.07) is 21.3. The summed E-state index contributed by atoms with van der Waals surface area (Å²) < 4.78 is 0. The Kier molecular flexibility index (Phi) is 5.17. The predicted octanol–water partition coefficient (Wildman–Crippen LogP) is 4.44. The van der Waals surface area contributed by atoms with Crippen LogP contribution in [0.5, 0.6) is 0 Å². The highest BCUT2D eigenvalue weighted by Crippen LogP contribution is 2.30. The van der Waals surface area contributed by atoms with E-state index in [1.165, 1.54) is 0 Å². The Labute approximate surface area is 171 Å². The molecular formula is C25H24N2O2. The molecule has 0 bridgehead atoms. The molecule has 2 amide bonds. The van der Waals surface area contributed by atoms with E-state index in [0.29, 0.717) is 24.2 Å². The number of benzene rings is 3.